The fraction of sp³-hybridized carbons (Fsp3) is 0.333. The Hall–Kier alpha value is -1.22. The SMILES string of the molecule is O=C(Cc1snc2ccccc12)C1CC1. The maximum Gasteiger partial charge on any atom is 0.141 e. The third kappa shape index (κ3) is 1.67. The molecule has 2 aromatic rings. The van der Waals surface area contributed by atoms with Crippen molar-refractivity contribution in [3.05, 3.63) is 29.1 Å². The fourth-order valence-electron chi connectivity index (χ4n) is 1.78. The highest BCUT2D eigenvalue weighted by molar-refractivity contribution is 7.07. The van der Waals surface area contributed by atoms with Gasteiger partial charge in [-0.3, -0.25) is 4.79 Å². The number of Topliss-reactive ketones (excluding diaryl/α,β-unsaturated/α-hetero) is 1. The van der Waals surface area contributed by atoms with Crippen LogP contribution in [0.3, 0.4) is 0 Å². The quantitative estimate of drug-likeness (QED) is 0.791. The second-order valence-electron chi connectivity index (χ2n) is 4.04. The third-order valence-electron chi connectivity index (χ3n) is 2.83. The molecule has 0 saturated heterocycles. The Balaban J connectivity index is 1.93. The van der Waals surface area contributed by atoms with Gasteiger partial charge in [-0.1, -0.05) is 18.2 Å². The van der Waals surface area contributed by atoms with Gasteiger partial charge in [-0.25, -0.2) is 0 Å². The smallest absolute Gasteiger partial charge is 0.141 e. The molecular formula is C12H11NOS. The Morgan fingerprint density at radius 1 is 1.40 bits per heavy atom. The highest BCUT2D eigenvalue weighted by atomic mass is 32.1. The van der Waals surface area contributed by atoms with Crippen LogP contribution in [0.15, 0.2) is 24.3 Å². The lowest BCUT2D eigenvalue weighted by Crippen LogP contribution is -2.03. The van der Waals surface area contributed by atoms with Crippen LogP contribution in [0.25, 0.3) is 10.9 Å². The first-order valence-corrected chi connectivity index (χ1v) is 5.98. The van der Waals surface area contributed by atoms with Crippen molar-refractivity contribution >= 4 is 28.2 Å². The second-order valence-corrected chi connectivity index (χ2v) is 4.90. The molecule has 0 spiro atoms. The first-order valence-electron chi connectivity index (χ1n) is 5.20. The zero-order valence-electron chi connectivity index (χ0n) is 8.27. The zero-order valence-corrected chi connectivity index (χ0v) is 9.09. The highest BCUT2D eigenvalue weighted by Gasteiger charge is 2.29. The van der Waals surface area contributed by atoms with Crippen molar-refractivity contribution in [3.63, 3.8) is 0 Å². The molecule has 0 aliphatic heterocycles. The van der Waals surface area contributed by atoms with E-state index in [1.807, 2.05) is 24.3 Å². The van der Waals surface area contributed by atoms with Crippen LogP contribution in [-0.4, -0.2) is 10.2 Å². The average Bonchev–Trinajstić information content (AvgIpc) is 3.03. The van der Waals surface area contributed by atoms with E-state index in [2.05, 4.69) is 4.37 Å². The molecule has 1 aliphatic rings. The highest BCUT2D eigenvalue weighted by Crippen LogP contribution is 2.32. The summed E-state index contributed by atoms with van der Waals surface area (Å²) in [5.41, 5.74) is 1.01. The lowest BCUT2D eigenvalue weighted by atomic mass is 10.1. The summed E-state index contributed by atoms with van der Waals surface area (Å²) in [6.07, 6.45) is 2.76. The van der Waals surface area contributed by atoms with Crippen molar-refractivity contribution in [3.8, 4) is 0 Å². The molecule has 1 saturated carbocycles. The molecule has 0 radical (unpaired) electrons. The molecule has 0 N–H and O–H groups in total. The summed E-state index contributed by atoms with van der Waals surface area (Å²) in [5, 5.41) is 1.15. The largest absolute Gasteiger partial charge is 0.299 e. The van der Waals surface area contributed by atoms with Crippen LogP contribution < -0.4 is 0 Å². The topological polar surface area (TPSA) is 30.0 Å². The number of rotatable bonds is 3. The van der Waals surface area contributed by atoms with Gasteiger partial charge in [-0.05, 0) is 30.4 Å². The van der Waals surface area contributed by atoms with Gasteiger partial charge < -0.3 is 0 Å². The monoisotopic (exact) mass is 217 g/mol. The Morgan fingerprint density at radius 3 is 3.00 bits per heavy atom. The van der Waals surface area contributed by atoms with E-state index < -0.39 is 0 Å². The van der Waals surface area contributed by atoms with Crippen molar-refractivity contribution in [2.45, 2.75) is 19.3 Å². The normalized spacial score (nSPS) is 15.7. The van der Waals surface area contributed by atoms with Crippen LogP contribution in [0.5, 0.6) is 0 Å². The molecule has 3 heteroatoms. The van der Waals surface area contributed by atoms with Gasteiger partial charge in [0.1, 0.15) is 5.78 Å². The lowest BCUT2D eigenvalue weighted by Gasteiger charge is -1.95. The van der Waals surface area contributed by atoms with E-state index in [1.165, 1.54) is 11.5 Å². The summed E-state index contributed by atoms with van der Waals surface area (Å²) in [6.45, 7) is 0. The van der Waals surface area contributed by atoms with Gasteiger partial charge in [0.2, 0.25) is 0 Å². The fourth-order valence-corrected chi connectivity index (χ4v) is 2.62. The van der Waals surface area contributed by atoms with Gasteiger partial charge in [0.25, 0.3) is 0 Å². The van der Waals surface area contributed by atoms with E-state index in [-0.39, 0.29) is 0 Å². The van der Waals surface area contributed by atoms with Gasteiger partial charge >= 0.3 is 0 Å². The van der Waals surface area contributed by atoms with Crippen molar-refractivity contribution in [1.82, 2.24) is 4.37 Å². The Labute approximate surface area is 92.1 Å². The standard InChI is InChI=1S/C12H11NOS/c14-11(8-5-6-8)7-12-9-3-1-2-4-10(9)13-15-12/h1-4,8H,5-7H2. The van der Waals surface area contributed by atoms with Crippen molar-refractivity contribution in [2.24, 2.45) is 5.92 Å². The van der Waals surface area contributed by atoms with E-state index in [4.69, 9.17) is 0 Å². The number of nitrogens with zero attached hydrogens (tertiary/aromatic N) is 1. The number of benzene rings is 1. The lowest BCUT2D eigenvalue weighted by molar-refractivity contribution is -0.119. The molecule has 2 nitrogen and oxygen atoms in total. The minimum absolute atomic E-state index is 0.353. The summed E-state index contributed by atoms with van der Waals surface area (Å²) in [5.74, 6) is 0.746. The number of carbonyl (C=O) groups excluding carboxylic acids is 1. The summed E-state index contributed by atoms with van der Waals surface area (Å²) >= 11 is 1.47. The third-order valence-corrected chi connectivity index (χ3v) is 3.70. The van der Waals surface area contributed by atoms with Crippen LogP contribution in [0, 0.1) is 5.92 Å². The second kappa shape index (κ2) is 3.42. The van der Waals surface area contributed by atoms with Crippen LogP contribution >= 0.6 is 11.5 Å². The average molecular weight is 217 g/mol. The summed E-state index contributed by atoms with van der Waals surface area (Å²) in [4.78, 5) is 12.8. The molecule has 76 valence electrons. The Bertz CT molecular complexity index is 513. The molecule has 0 atom stereocenters. The first kappa shape index (κ1) is 9.04. The minimum atomic E-state index is 0.353. The number of aromatic nitrogens is 1. The molecule has 1 heterocycles. The van der Waals surface area contributed by atoms with Gasteiger partial charge in [-0.2, -0.15) is 4.37 Å². The molecule has 3 rings (SSSR count). The molecule has 1 fully saturated rings. The van der Waals surface area contributed by atoms with Crippen LogP contribution in [0.1, 0.15) is 17.7 Å². The van der Waals surface area contributed by atoms with Gasteiger partial charge in [0, 0.05) is 22.6 Å². The number of fused-ring (bicyclic) bond motifs is 1. The molecule has 1 aromatic heterocycles. The molecule has 15 heavy (non-hydrogen) atoms. The first-order chi connectivity index (χ1) is 7.34. The molecule has 0 bridgehead atoms. The number of carbonyl (C=O) groups is 1. The Kier molecular flexibility index (Phi) is 2.06. The molecule has 0 unspecified atom stereocenters. The van der Waals surface area contributed by atoms with Crippen molar-refractivity contribution in [2.75, 3.05) is 0 Å². The predicted molar refractivity (Wildman–Crippen MR) is 61.1 cm³/mol. The molecule has 1 aromatic carbocycles. The van der Waals surface area contributed by atoms with Gasteiger partial charge in [0.15, 0.2) is 0 Å². The Morgan fingerprint density at radius 2 is 2.20 bits per heavy atom. The van der Waals surface area contributed by atoms with E-state index >= 15 is 0 Å². The molecular weight excluding hydrogens is 206 g/mol. The number of hydrogen-bond donors (Lipinski definition) is 0. The van der Waals surface area contributed by atoms with E-state index in [1.54, 1.807) is 0 Å². The maximum absolute atomic E-state index is 11.7. The van der Waals surface area contributed by atoms with E-state index in [0.717, 1.165) is 28.6 Å². The summed E-state index contributed by atoms with van der Waals surface area (Å²) < 4.78 is 4.34. The summed E-state index contributed by atoms with van der Waals surface area (Å²) in [6, 6.07) is 8.03. The minimum Gasteiger partial charge on any atom is -0.299 e. The van der Waals surface area contributed by atoms with Gasteiger partial charge in [-0.15, -0.1) is 0 Å². The number of ketones is 1. The summed E-state index contributed by atoms with van der Waals surface area (Å²) in [7, 11) is 0. The van der Waals surface area contributed by atoms with Gasteiger partial charge in [0.05, 0.1) is 5.52 Å². The van der Waals surface area contributed by atoms with Crippen molar-refractivity contribution < 1.29 is 4.79 Å². The maximum atomic E-state index is 11.7. The molecule has 0 amide bonds. The van der Waals surface area contributed by atoms with E-state index in [0.29, 0.717) is 18.1 Å². The molecule has 1 aliphatic carbocycles. The van der Waals surface area contributed by atoms with Crippen LogP contribution in [0.2, 0.25) is 0 Å². The van der Waals surface area contributed by atoms with Crippen molar-refractivity contribution in [1.29, 1.82) is 0 Å². The van der Waals surface area contributed by atoms with Crippen LogP contribution in [0.4, 0.5) is 0 Å². The number of hydrogen-bond acceptors (Lipinski definition) is 3. The van der Waals surface area contributed by atoms with Crippen LogP contribution in [-0.2, 0) is 11.2 Å². The zero-order chi connectivity index (χ0) is 10.3. The predicted octanol–water partition coefficient (Wildman–Crippen LogP) is 2.82. The van der Waals surface area contributed by atoms with E-state index in [9.17, 15) is 4.79 Å².